The summed E-state index contributed by atoms with van der Waals surface area (Å²) < 4.78 is 11.7. The summed E-state index contributed by atoms with van der Waals surface area (Å²) in [7, 11) is 1.58. The molecule has 0 aromatic heterocycles. The molecule has 36 heavy (non-hydrogen) atoms. The maximum absolute atomic E-state index is 13.2. The second-order valence-corrected chi connectivity index (χ2v) is 10.3. The maximum atomic E-state index is 13.2. The van der Waals surface area contributed by atoms with Crippen LogP contribution in [0.1, 0.15) is 56.6 Å². The molecule has 1 amide bonds. The zero-order chi connectivity index (χ0) is 25.9. The van der Waals surface area contributed by atoms with Crippen LogP contribution < -0.4 is 9.47 Å². The van der Waals surface area contributed by atoms with Gasteiger partial charge in [0.2, 0.25) is 0 Å². The first-order valence-corrected chi connectivity index (χ1v) is 13.5. The van der Waals surface area contributed by atoms with Crippen LogP contribution in [0.4, 0.5) is 0 Å². The van der Waals surface area contributed by atoms with Gasteiger partial charge < -0.3 is 14.6 Å². The molecule has 2 aromatic rings. The Morgan fingerprint density at radius 3 is 2.50 bits per heavy atom. The molecular weight excluding hydrogens is 494 g/mol. The third-order valence-electron chi connectivity index (χ3n) is 5.93. The normalized spacial score (nSPS) is 15.4. The van der Waals surface area contributed by atoms with Crippen molar-refractivity contribution in [1.82, 2.24) is 4.90 Å². The predicted molar refractivity (Wildman–Crippen MR) is 148 cm³/mol. The van der Waals surface area contributed by atoms with Crippen molar-refractivity contribution in [2.45, 2.75) is 57.9 Å². The van der Waals surface area contributed by atoms with E-state index in [-0.39, 0.29) is 10.7 Å². The lowest BCUT2D eigenvalue weighted by Crippen LogP contribution is -2.45. The molecule has 0 saturated carbocycles. The third-order valence-corrected chi connectivity index (χ3v) is 7.26. The number of thiocarbonyl (C=S) groups is 1. The highest BCUT2D eigenvalue weighted by Gasteiger charge is 2.40. The summed E-state index contributed by atoms with van der Waals surface area (Å²) in [6, 6.07) is 13.6. The molecule has 3 rings (SSSR count). The standard InChI is InChI=1S/C28H33NO5S2/c1-3-4-5-6-7-11-16-34-23-15-14-21(18-24(23)33-2)19-25-26(30)29(28(35)36-25)22(27(31)32)17-20-12-9-8-10-13-20/h8-10,12-15,18-19,22H,3-7,11,16-17H2,1-2H3,(H,31,32)/b25-19-/t22-/m1/s1. The van der Waals surface area contributed by atoms with Crippen LogP contribution >= 0.6 is 24.0 Å². The number of carbonyl (C=O) groups is 2. The number of rotatable bonds is 14. The number of carbonyl (C=O) groups excluding carboxylic acids is 1. The van der Waals surface area contributed by atoms with Crippen molar-refractivity contribution in [2.24, 2.45) is 0 Å². The Balaban J connectivity index is 1.68. The van der Waals surface area contributed by atoms with Crippen LogP contribution in [0.3, 0.4) is 0 Å². The molecule has 1 heterocycles. The van der Waals surface area contributed by atoms with E-state index in [2.05, 4.69) is 6.92 Å². The second-order valence-electron chi connectivity index (χ2n) is 8.62. The average Bonchev–Trinajstić information content (AvgIpc) is 3.15. The number of unbranched alkanes of at least 4 members (excludes halogenated alkanes) is 5. The molecule has 0 bridgehead atoms. The number of amides is 1. The highest BCUT2D eigenvalue weighted by molar-refractivity contribution is 8.26. The van der Waals surface area contributed by atoms with Gasteiger partial charge in [0, 0.05) is 6.42 Å². The van der Waals surface area contributed by atoms with Crippen molar-refractivity contribution < 1.29 is 24.2 Å². The van der Waals surface area contributed by atoms with E-state index < -0.39 is 17.9 Å². The van der Waals surface area contributed by atoms with Crippen molar-refractivity contribution in [3.63, 3.8) is 0 Å². The van der Waals surface area contributed by atoms with Crippen molar-refractivity contribution in [1.29, 1.82) is 0 Å². The van der Waals surface area contributed by atoms with Gasteiger partial charge in [-0.3, -0.25) is 9.69 Å². The van der Waals surface area contributed by atoms with E-state index in [4.69, 9.17) is 21.7 Å². The minimum atomic E-state index is -1.09. The summed E-state index contributed by atoms with van der Waals surface area (Å²) in [5.41, 5.74) is 1.57. The highest BCUT2D eigenvalue weighted by atomic mass is 32.2. The monoisotopic (exact) mass is 527 g/mol. The molecule has 192 valence electrons. The lowest BCUT2D eigenvalue weighted by atomic mass is 10.0. The van der Waals surface area contributed by atoms with E-state index in [0.717, 1.165) is 35.7 Å². The van der Waals surface area contributed by atoms with Crippen LogP contribution in [-0.2, 0) is 16.0 Å². The van der Waals surface area contributed by atoms with Crippen LogP contribution in [0.5, 0.6) is 11.5 Å². The van der Waals surface area contributed by atoms with Gasteiger partial charge in [-0.2, -0.15) is 0 Å². The first-order valence-electron chi connectivity index (χ1n) is 12.3. The Morgan fingerprint density at radius 2 is 1.81 bits per heavy atom. The molecule has 8 heteroatoms. The number of aliphatic carboxylic acids is 1. The van der Waals surface area contributed by atoms with E-state index in [1.54, 1.807) is 13.2 Å². The molecule has 1 atom stereocenters. The average molecular weight is 528 g/mol. The van der Waals surface area contributed by atoms with Gasteiger partial charge in [-0.1, -0.05) is 99.4 Å². The number of ether oxygens (including phenoxy) is 2. The molecule has 0 aliphatic carbocycles. The Morgan fingerprint density at radius 1 is 1.08 bits per heavy atom. The molecule has 2 aromatic carbocycles. The molecular formula is C28H33NO5S2. The van der Waals surface area contributed by atoms with Crippen molar-refractivity contribution in [3.8, 4) is 11.5 Å². The van der Waals surface area contributed by atoms with E-state index in [1.165, 1.54) is 30.6 Å². The molecule has 0 radical (unpaired) electrons. The van der Waals surface area contributed by atoms with E-state index in [1.807, 2.05) is 48.5 Å². The number of carboxylic acid groups (broad SMARTS) is 1. The molecule has 6 nitrogen and oxygen atoms in total. The molecule has 1 saturated heterocycles. The van der Waals surface area contributed by atoms with Crippen LogP contribution in [0, 0.1) is 0 Å². The van der Waals surface area contributed by atoms with Crippen molar-refractivity contribution in [3.05, 3.63) is 64.6 Å². The Bertz CT molecular complexity index is 1090. The SMILES string of the molecule is CCCCCCCCOc1ccc(/C=C2\SC(=S)N([C@H](Cc3ccccc3)C(=O)O)C2=O)cc1OC. The Kier molecular flexibility index (Phi) is 10.8. The minimum Gasteiger partial charge on any atom is -0.493 e. The zero-order valence-corrected chi connectivity index (χ0v) is 22.4. The fourth-order valence-corrected chi connectivity index (χ4v) is 5.34. The van der Waals surface area contributed by atoms with Crippen LogP contribution in [0.25, 0.3) is 6.08 Å². The summed E-state index contributed by atoms with van der Waals surface area (Å²) >= 11 is 6.51. The van der Waals surface area contributed by atoms with E-state index in [9.17, 15) is 14.7 Å². The summed E-state index contributed by atoms with van der Waals surface area (Å²) in [5.74, 6) is -0.261. The first kappa shape index (κ1) is 27.7. The summed E-state index contributed by atoms with van der Waals surface area (Å²) in [4.78, 5) is 26.8. The van der Waals surface area contributed by atoms with E-state index >= 15 is 0 Å². The molecule has 0 unspecified atom stereocenters. The smallest absolute Gasteiger partial charge is 0.327 e. The first-order chi connectivity index (χ1) is 17.4. The molecule has 1 fully saturated rings. The third kappa shape index (κ3) is 7.58. The molecule has 1 aliphatic rings. The van der Waals surface area contributed by atoms with Crippen molar-refractivity contribution in [2.75, 3.05) is 13.7 Å². The highest BCUT2D eigenvalue weighted by Crippen LogP contribution is 2.36. The van der Waals surface area contributed by atoms with Gasteiger partial charge in [-0.15, -0.1) is 0 Å². The lowest BCUT2D eigenvalue weighted by molar-refractivity contribution is -0.145. The number of benzene rings is 2. The molecule has 1 N–H and O–H groups in total. The predicted octanol–water partition coefficient (Wildman–Crippen LogP) is 6.33. The van der Waals surface area contributed by atoms with Gasteiger partial charge in [0.05, 0.1) is 18.6 Å². The number of methoxy groups -OCH3 is 1. The summed E-state index contributed by atoms with van der Waals surface area (Å²) in [6.07, 6.45) is 9.01. The van der Waals surface area contributed by atoms with Gasteiger partial charge >= 0.3 is 5.97 Å². The Hall–Kier alpha value is -2.84. The fraction of sp³-hybridized carbons (Fsp3) is 0.393. The number of hydrogen-bond acceptors (Lipinski definition) is 6. The number of thioether (sulfide) groups is 1. The Labute approximate surface area is 222 Å². The molecule has 0 spiro atoms. The summed E-state index contributed by atoms with van der Waals surface area (Å²) in [6.45, 7) is 2.83. The van der Waals surface area contributed by atoms with Gasteiger partial charge in [0.1, 0.15) is 10.4 Å². The zero-order valence-electron chi connectivity index (χ0n) is 20.8. The fourth-order valence-electron chi connectivity index (χ4n) is 3.98. The topological polar surface area (TPSA) is 76.1 Å². The van der Waals surface area contributed by atoms with Gasteiger partial charge in [-0.05, 0) is 35.8 Å². The second kappa shape index (κ2) is 14.0. The van der Waals surface area contributed by atoms with Crippen LogP contribution in [-0.4, -0.2) is 46.0 Å². The largest absolute Gasteiger partial charge is 0.493 e. The quantitative estimate of drug-likeness (QED) is 0.175. The number of nitrogens with zero attached hydrogens (tertiary/aromatic N) is 1. The van der Waals surface area contributed by atoms with Gasteiger partial charge in [-0.25, -0.2) is 4.79 Å². The summed E-state index contributed by atoms with van der Waals surface area (Å²) in [5, 5.41) is 9.84. The maximum Gasteiger partial charge on any atom is 0.327 e. The number of carboxylic acids is 1. The van der Waals surface area contributed by atoms with E-state index in [0.29, 0.717) is 23.0 Å². The molecule has 1 aliphatic heterocycles. The lowest BCUT2D eigenvalue weighted by Gasteiger charge is -2.23. The minimum absolute atomic E-state index is 0.175. The van der Waals surface area contributed by atoms with Crippen LogP contribution in [0.15, 0.2) is 53.4 Å². The van der Waals surface area contributed by atoms with Gasteiger partial charge in [0.25, 0.3) is 5.91 Å². The van der Waals surface area contributed by atoms with Gasteiger partial charge in [0.15, 0.2) is 11.5 Å². The number of hydrogen-bond donors (Lipinski definition) is 1. The van der Waals surface area contributed by atoms with Crippen LogP contribution in [0.2, 0.25) is 0 Å². The van der Waals surface area contributed by atoms with Crippen molar-refractivity contribution >= 4 is 46.3 Å².